The Morgan fingerprint density at radius 2 is 2.14 bits per heavy atom. The first-order chi connectivity index (χ1) is 10.5. The van der Waals surface area contributed by atoms with Crippen LogP contribution in [0.3, 0.4) is 0 Å². The number of carbonyl (C=O) groups excluding carboxylic acids is 1. The molecule has 0 aromatic carbocycles. The molecule has 1 amide bonds. The van der Waals surface area contributed by atoms with E-state index < -0.39 is 6.43 Å². The molecular weight excluding hydrogens is 356 g/mol. The van der Waals surface area contributed by atoms with Crippen molar-refractivity contribution in [2.75, 3.05) is 6.54 Å². The number of hydrogen-bond donors (Lipinski definition) is 1. The van der Waals surface area contributed by atoms with Crippen LogP contribution in [0.15, 0.2) is 4.47 Å². The lowest BCUT2D eigenvalue weighted by molar-refractivity contribution is -0.121. The fourth-order valence-electron chi connectivity index (χ4n) is 2.45. The quantitative estimate of drug-likeness (QED) is 0.656. The molecular formula is C15H22BrF2N3O. The number of rotatable bonds is 9. The third kappa shape index (κ3) is 4.51. The minimum absolute atomic E-state index is 0.00489. The van der Waals surface area contributed by atoms with Gasteiger partial charge in [-0.05, 0) is 35.2 Å². The van der Waals surface area contributed by atoms with E-state index in [2.05, 4.69) is 33.3 Å². The molecule has 1 saturated carbocycles. The summed E-state index contributed by atoms with van der Waals surface area (Å²) in [6, 6.07) is 0. The Morgan fingerprint density at radius 1 is 1.41 bits per heavy atom. The van der Waals surface area contributed by atoms with Gasteiger partial charge in [0, 0.05) is 12.5 Å². The number of hydrogen-bond acceptors (Lipinski definition) is 2. The van der Waals surface area contributed by atoms with Crippen LogP contribution < -0.4 is 5.32 Å². The largest absolute Gasteiger partial charge is 0.354 e. The van der Waals surface area contributed by atoms with E-state index >= 15 is 0 Å². The second-order valence-corrected chi connectivity index (χ2v) is 6.52. The third-order valence-electron chi connectivity index (χ3n) is 3.77. The molecule has 1 heterocycles. The van der Waals surface area contributed by atoms with Gasteiger partial charge in [0.15, 0.2) is 0 Å². The Balaban J connectivity index is 1.94. The van der Waals surface area contributed by atoms with Crippen LogP contribution in [0, 0.1) is 0 Å². The topological polar surface area (TPSA) is 46.9 Å². The number of halogens is 3. The van der Waals surface area contributed by atoms with Gasteiger partial charge < -0.3 is 5.32 Å². The average Bonchev–Trinajstić information content (AvgIpc) is 3.23. The van der Waals surface area contributed by atoms with Crippen LogP contribution in [0.5, 0.6) is 0 Å². The highest BCUT2D eigenvalue weighted by atomic mass is 79.9. The number of nitrogens with zero attached hydrogens (tertiary/aromatic N) is 2. The van der Waals surface area contributed by atoms with Gasteiger partial charge in [-0.3, -0.25) is 9.48 Å². The Morgan fingerprint density at radius 3 is 2.73 bits per heavy atom. The first kappa shape index (κ1) is 17.4. The third-order valence-corrected chi connectivity index (χ3v) is 4.59. The van der Waals surface area contributed by atoms with Crippen LogP contribution in [-0.4, -0.2) is 22.2 Å². The van der Waals surface area contributed by atoms with Crippen LogP contribution in [0.25, 0.3) is 0 Å². The minimum atomic E-state index is -2.63. The first-order valence-electron chi connectivity index (χ1n) is 7.85. The Bertz CT molecular complexity index is 515. The molecule has 0 bridgehead atoms. The van der Waals surface area contributed by atoms with Crippen molar-refractivity contribution in [3.63, 3.8) is 0 Å². The van der Waals surface area contributed by atoms with Crippen LogP contribution >= 0.6 is 15.9 Å². The molecule has 4 nitrogen and oxygen atoms in total. The van der Waals surface area contributed by atoms with E-state index in [1.165, 1.54) is 4.68 Å². The maximum atomic E-state index is 13.0. The second kappa shape index (κ2) is 8.04. The van der Waals surface area contributed by atoms with Gasteiger partial charge in [-0.2, -0.15) is 5.10 Å². The Kier molecular flexibility index (Phi) is 6.35. The number of amides is 1. The van der Waals surface area contributed by atoms with Crippen molar-refractivity contribution in [1.29, 1.82) is 0 Å². The number of nitrogens with one attached hydrogen (secondary N) is 1. The molecule has 2 rings (SSSR count). The summed E-state index contributed by atoms with van der Waals surface area (Å²) in [6.45, 7) is 2.76. The number of aromatic nitrogens is 2. The van der Waals surface area contributed by atoms with Crippen molar-refractivity contribution in [2.24, 2.45) is 0 Å². The molecule has 7 heteroatoms. The summed E-state index contributed by atoms with van der Waals surface area (Å²) in [5, 5.41) is 6.76. The summed E-state index contributed by atoms with van der Waals surface area (Å²) in [5.74, 6) is 0.0703. The summed E-state index contributed by atoms with van der Waals surface area (Å²) >= 11 is 3.22. The van der Waals surface area contributed by atoms with Gasteiger partial charge >= 0.3 is 0 Å². The van der Waals surface area contributed by atoms with Crippen molar-refractivity contribution < 1.29 is 13.6 Å². The lowest BCUT2D eigenvalue weighted by atomic mass is 10.2. The predicted molar refractivity (Wildman–Crippen MR) is 84.0 cm³/mol. The summed E-state index contributed by atoms with van der Waals surface area (Å²) in [6.07, 6.45) is 3.64. The highest BCUT2D eigenvalue weighted by Gasteiger charge is 2.33. The van der Waals surface area contributed by atoms with Crippen LogP contribution in [0.2, 0.25) is 0 Å². The summed E-state index contributed by atoms with van der Waals surface area (Å²) < 4.78 is 27.7. The zero-order valence-corrected chi connectivity index (χ0v) is 14.3. The number of unbranched alkanes of at least 4 members (excludes halogenated alkanes) is 3. The normalized spacial score (nSPS) is 14.6. The van der Waals surface area contributed by atoms with Crippen molar-refractivity contribution in [3.05, 3.63) is 15.9 Å². The van der Waals surface area contributed by atoms with Crippen molar-refractivity contribution >= 4 is 21.8 Å². The lowest BCUT2D eigenvalue weighted by Gasteiger charge is -2.08. The molecule has 0 aliphatic heterocycles. The van der Waals surface area contributed by atoms with Gasteiger partial charge in [0.25, 0.3) is 6.43 Å². The van der Waals surface area contributed by atoms with Crippen molar-refractivity contribution in [2.45, 2.75) is 64.3 Å². The SMILES string of the molecule is CCCCCCNC(=O)Cn1nc(C(F)F)c(Br)c1C1CC1. The number of carbonyl (C=O) groups is 1. The molecule has 1 aromatic rings. The maximum absolute atomic E-state index is 13.0. The van der Waals surface area contributed by atoms with E-state index in [0.29, 0.717) is 11.0 Å². The fourth-order valence-corrected chi connectivity index (χ4v) is 3.23. The average molecular weight is 378 g/mol. The van der Waals surface area contributed by atoms with Gasteiger partial charge in [0.1, 0.15) is 12.2 Å². The second-order valence-electron chi connectivity index (χ2n) is 5.73. The van der Waals surface area contributed by atoms with Crippen LogP contribution in [0.4, 0.5) is 8.78 Å². The molecule has 0 saturated heterocycles. The first-order valence-corrected chi connectivity index (χ1v) is 8.64. The van der Waals surface area contributed by atoms with E-state index in [0.717, 1.165) is 44.2 Å². The van der Waals surface area contributed by atoms with Gasteiger partial charge in [-0.25, -0.2) is 8.78 Å². The van der Waals surface area contributed by atoms with E-state index in [4.69, 9.17) is 0 Å². The smallest absolute Gasteiger partial charge is 0.283 e. The molecule has 0 atom stereocenters. The summed E-state index contributed by atoms with van der Waals surface area (Å²) in [7, 11) is 0. The predicted octanol–water partition coefficient (Wildman–Crippen LogP) is 4.16. The molecule has 1 aliphatic carbocycles. The molecule has 0 unspecified atom stereocenters. The van der Waals surface area contributed by atoms with Crippen LogP contribution in [-0.2, 0) is 11.3 Å². The maximum Gasteiger partial charge on any atom is 0.283 e. The highest BCUT2D eigenvalue weighted by Crippen LogP contribution is 2.45. The Labute approximate surface area is 137 Å². The molecule has 1 aliphatic rings. The lowest BCUT2D eigenvalue weighted by Crippen LogP contribution is -2.29. The van der Waals surface area contributed by atoms with Crippen molar-refractivity contribution in [1.82, 2.24) is 15.1 Å². The number of alkyl halides is 2. The highest BCUT2D eigenvalue weighted by molar-refractivity contribution is 9.10. The summed E-state index contributed by atoms with van der Waals surface area (Å²) in [5.41, 5.74) is 0.467. The zero-order chi connectivity index (χ0) is 16.1. The zero-order valence-electron chi connectivity index (χ0n) is 12.7. The van der Waals surface area contributed by atoms with Gasteiger partial charge in [0.05, 0.1) is 10.2 Å². The van der Waals surface area contributed by atoms with Crippen molar-refractivity contribution in [3.8, 4) is 0 Å². The fraction of sp³-hybridized carbons (Fsp3) is 0.733. The molecule has 124 valence electrons. The Hall–Kier alpha value is -0.980. The minimum Gasteiger partial charge on any atom is -0.354 e. The van der Waals surface area contributed by atoms with Gasteiger partial charge in [-0.1, -0.05) is 26.2 Å². The standard InChI is InChI=1S/C15H22BrF2N3O/c1-2-3-4-5-8-19-11(22)9-21-14(10-6-7-10)12(16)13(20-21)15(17)18/h10,15H,2-9H2,1H3,(H,19,22). The van der Waals surface area contributed by atoms with E-state index in [1.807, 2.05) is 0 Å². The van der Waals surface area contributed by atoms with E-state index in [1.54, 1.807) is 0 Å². The molecule has 0 spiro atoms. The molecule has 1 fully saturated rings. The van der Waals surface area contributed by atoms with E-state index in [-0.39, 0.29) is 24.1 Å². The van der Waals surface area contributed by atoms with E-state index in [9.17, 15) is 13.6 Å². The summed E-state index contributed by atoms with van der Waals surface area (Å²) in [4.78, 5) is 12.0. The molecule has 1 N–H and O–H groups in total. The molecule has 0 radical (unpaired) electrons. The molecule has 1 aromatic heterocycles. The van der Waals surface area contributed by atoms with Crippen LogP contribution in [0.1, 0.15) is 69.2 Å². The molecule has 22 heavy (non-hydrogen) atoms. The monoisotopic (exact) mass is 377 g/mol. The van der Waals surface area contributed by atoms with Gasteiger partial charge in [-0.15, -0.1) is 0 Å². The van der Waals surface area contributed by atoms with Gasteiger partial charge in [0.2, 0.25) is 5.91 Å².